The van der Waals surface area contributed by atoms with Gasteiger partial charge in [0.2, 0.25) is 11.8 Å². The van der Waals surface area contributed by atoms with Crippen LogP contribution in [-0.4, -0.2) is 37.4 Å². The Bertz CT molecular complexity index is 772. The van der Waals surface area contributed by atoms with E-state index < -0.39 is 0 Å². The van der Waals surface area contributed by atoms with E-state index in [1.807, 2.05) is 0 Å². The monoisotopic (exact) mass is 342 g/mol. The highest BCUT2D eigenvalue weighted by molar-refractivity contribution is 5.97. The van der Waals surface area contributed by atoms with Gasteiger partial charge in [-0.15, -0.1) is 0 Å². The van der Waals surface area contributed by atoms with Gasteiger partial charge in [-0.2, -0.15) is 0 Å². The number of methoxy groups -OCH3 is 1. The maximum absolute atomic E-state index is 13.1. The third kappa shape index (κ3) is 5.76. The van der Waals surface area contributed by atoms with Crippen LogP contribution in [0.4, 0.5) is 10.1 Å². The fourth-order valence-electron chi connectivity index (χ4n) is 2.07. The normalized spacial score (nSPS) is 10.5. The zero-order chi connectivity index (χ0) is 18.2. The molecular weight excluding hydrogens is 323 g/mol. The van der Waals surface area contributed by atoms with Gasteiger partial charge in [0, 0.05) is 18.8 Å². The number of anilines is 1. The molecule has 0 aliphatic heterocycles. The summed E-state index contributed by atoms with van der Waals surface area (Å²) in [5.41, 5.74) is 1.19. The minimum atomic E-state index is -0.373. The number of carbonyl (C=O) groups excluding carboxylic acids is 2. The molecule has 0 unspecified atom stereocenters. The van der Waals surface area contributed by atoms with Gasteiger partial charge in [0.15, 0.2) is 0 Å². The molecule has 130 valence electrons. The summed E-state index contributed by atoms with van der Waals surface area (Å²) in [7, 11) is 3.08. The molecule has 0 radical (unpaired) electrons. The molecule has 0 saturated carbocycles. The number of rotatable bonds is 6. The van der Waals surface area contributed by atoms with Crippen LogP contribution >= 0.6 is 0 Å². The van der Waals surface area contributed by atoms with Gasteiger partial charge >= 0.3 is 0 Å². The Hall–Kier alpha value is -3.15. The van der Waals surface area contributed by atoms with Crippen LogP contribution in [-0.2, 0) is 9.59 Å². The van der Waals surface area contributed by atoms with Gasteiger partial charge in [0.05, 0.1) is 13.7 Å². The Balaban J connectivity index is 1.87. The van der Waals surface area contributed by atoms with Crippen LogP contribution < -0.4 is 10.1 Å². The van der Waals surface area contributed by atoms with Crippen molar-refractivity contribution in [3.63, 3.8) is 0 Å². The first kappa shape index (κ1) is 18.2. The molecular formula is C19H19FN2O3. The van der Waals surface area contributed by atoms with E-state index in [1.54, 1.807) is 43.5 Å². The summed E-state index contributed by atoms with van der Waals surface area (Å²) in [6.45, 7) is -0.0989. The molecule has 0 spiro atoms. The van der Waals surface area contributed by atoms with Crippen molar-refractivity contribution in [1.82, 2.24) is 4.90 Å². The highest BCUT2D eigenvalue weighted by Gasteiger charge is 2.10. The summed E-state index contributed by atoms with van der Waals surface area (Å²) in [5.74, 6) is -0.357. The van der Waals surface area contributed by atoms with Gasteiger partial charge in [-0.1, -0.05) is 12.1 Å². The van der Waals surface area contributed by atoms with Crippen molar-refractivity contribution in [2.75, 3.05) is 26.0 Å². The van der Waals surface area contributed by atoms with Crippen molar-refractivity contribution in [2.45, 2.75) is 0 Å². The number of hydrogen-bond donors (Lipinski definition) is 1. The molecule has 2 aromatic rings. The summed E-state index contributed by atoms with van der Waals surface area (Å²) in [6.07, 6.45) is 2.80. The molecule has 0 aromatic heterocycles. The summed E-state index contributed by atoms with van der Waals surface area (Å²) < 4.78 is 18.1. The Morgan fingerprint density at radius 2 is 1.92 bits per heavy atom. The molecule has 1 N–H and O–H groups in total. The lowest BCUT2D eigenvalue weighted by atomic mass is 10.2. The van der Waals surface area contributed by atoms with Gasteiger partial charge in [0.25, 0.3) is 0 Å². The molecule has 2 amide bonds. The standard InChI is InChI=1S/C19H19FN2O3/c1-22(19(24)11-6-14-4-3-5-15(20)12-14)13-18(23)21-16-7-9-17(25-2)10-8-16/h3-12H,13H2,1-2H3,(H,21,23)/b11-6+. The predicted octanol–water partition coefficient (Wildman–Crippen LogP) is 2.94. The molecule has 0 aliphatic carbocycles. The van der Waals surface area contributed by atoms with Crippen molar-refractivity contribution >= 4 is 23.6 Å². The third-order valence-electron chi connectivity index (χ3n) is 3.40. The van der Waals surface area contributed by atoms with E-state index in [4.69, 9.17) is 4.74 Å². The lowest BCUT2D eigenvalue weighted by Gasteiger charge is -2.15. The molecule has 0 aliphatic rings. The van der Waals surface area contributed by atoms with E-state index in [-0.39, 0.29) is 24.2 Å². The van der Waals surface area contributed by atoms with E-state index in [1.165, 1.54) is 36.2 Å². The van der Waals surface area contributed by atoms with Crippen molar-refractivity contribution in [3.8, 4) is 5.75 Å². The van der Waals surface area contributed by atoms with E-state index in [2.05, 4.69) is 5.32 Å². The Morgan fingerprint density at radius 1 is 1.20 bits per heavy atom. The fourth-order valence-corrected chi connectivity index (χ4v) is 2.07. The number of halogens is 1. The number of nitrogens with zero attached hydrogens (tertiary/aromatic N) is 1. The topological polar surface area (TPSA) is 58.6 Å². The maximum Gasteiger partial charge on any atom is 0.246 e. The van der Waals surface area contributed by atoms with Crippen LogP contribution in [0.1, 0.15) is 5.56 Å². The highest BCUT2D eigenvalue weighted by atomic mass is 19.1. The first-order valence-corrected chi connectivity index (χ1v) is 7.60. The van der Waals surface area contributed by atoms with E-state index in [9.17, 15) is 14.0 Å². The highest BCUT2D eigenvalue weighted by Crippen LogP contribution is 2.14. The zero-order valence-corrected chi connectivity index (χ0v) is 14.0. The summed E-state index contributed by atoms with van der Waals surface area (Å²) >= 11 is 0. The molecule has 0 heterocycles. The van der Waals surface area contributed by atoms with E-state index in [0.29, 0.717) is 17.0 Å². The summed E-state index contributed by atoms with van der Waals surface area (Å²) in [5, 5.41) is 2.70. The number of benzene rings is 2. The number of carbonyl (C=O) groups is 2. The molecule has 0 atom stereocenters. The van der Waals surface area contributed by atoms with Crippen LogP contribution in [0.25, 0.3) is 6.08 Å². The van der Waals surface area contributed by atoms with E-state index >= 15 is 0 Å². The fraction of sp³-hybridized carbons (Fsp3) is 0.158. The molecule has 0 fully saturated rings. The molecule has 0 saturated heterocycles. The summed E-state index contributed by atoms with van der Waals surface area (Å²) in [6, 6.07) is 12.8. The number of likely N-dealkylation sites (N-methyl/N-ethyl adjacent to an activating group) is 1. The smallest absolute Gasteiger partial charge is 0.246 e. The lowest BCUT2D eigenvalue weighted by molar-refractivity contribution is -0.129. The van der Waals surface area contributed by atoms with Crippen molar-refractivity contribution in [1.29, 1.82) is 0 Å². The number of amides is 2. The van der Waals surface area contributed by atoms with Gasteiger partial charge in [0.1, 0.15) is 11.6 Å². The van der Waals surface area contributed by atoms with Crippen molar-refractivity contribution in [2.24, 2.45) is 0 Å². The zero-order valence-electron chi connectivity index (χ0n) is 14.0. The minimum Gasteiger partial charge on any atom is -0.497 e. The predicted molar refractivity (Wildman–Crippen MR) is 94.7 cm³/mol. The lowest BCUT2D eigenvalue weighted by Crippen LogP contribution is -2.33. The molecule has 2 aromatic carbocycles. The number of nitrogens with one attached hydrogen (secondary N) is 1. The van der Waals surface area contributed by atoms with Crippen LogP contribution in [0, 0.1) is 5.82 Å². The molecule has 2 rings (SSSR count). The van der Waals surface area contributed by atoms with Gasteiger partial charge < -0.3 is 15.0 Å². The van der Waals surface area contributed by atoms with E-state index in [0.717, 1.165) is 0 Å². The maximum atomic E-state index is 13.1. The Morgan fingerprint density at radius 3 is 2.56 bits per heavy atom. The largest absolute Gasteiger partial charge is 0.497 e. The first-order valence-electron chi connectivity index (χ1n) is 7.60. The second-order valence-electron chi connectivity index (χ2n) is 5.36. The second kappa shape index (κ2) is 8.63. The molecule has 25 heavy (non-hydrogen) atoms. The first-order chi connectivity index (χ1) is 12.0. The minimum absolute atomic E-state index is 0.0989. The molecule has 0 bridgehead atoms. The van der Waals surface area contributed by atoms with Gasteiger partial charge in [-0.05, 0) is 48.0 Å². The molecule has 6 heteroatoms. The SMILES string of the molecule is COc1ccc(NC(=O)CN(C)C(=O)/C=C/c2cccc(F)c2)cc1. The second-order valence-corrected chi connectivity index (χ2v) is 5.36. The number of hydrogen-bond acceptors (Lipinski definition) is 3. The third-order valence-corrected chi connectivity index (χ3v) is 3.40. The van der Waals surface area contributed by atoms with Crippen LogP contribution in [0.15, 0.2) is 54.6 Å². The van der Waals surface area contributed by atoms with Crippen molar-refractivity contribution < 1.29 is 18.7 Å². The summed E-state index contributed by atoms with van der Waals surface area (Å²) in [4.78, 5) is 25.3. The Kier molecular flexibility index (Phi) is 6.28. The van der Waals surface area contributed by atoms with Crippen LogP contribution in [0.5, 0.6) is 5.75 Å². The number of ether oxygens (including phenoxy) is 1. The average molecular weight is 342 g/mol. The molecule has 5 nitrogen and oxygen atoms in total. The average Bonchev–Trinajstić information content (AvgIpc) is 2.60. The quantitative estimate of drug-likeness (QED) is 0.821. The van der Waals surface area contributed by atoms with Gasteiger partial charge in [-0.3, -0.25) is 9.59 Å². The van der Waals surface area contributed by atoms with Gasteiger partial charge in [-0.25, -0.2) is 4.39 Å². The Labute approximate surface area is 145 Å². The van der Waals surface area contributed by atoms with Crippen LogP contribution in [0.3, 0.4) is 0 Å². The van der Waals surface area contributed by atoms with Crippen LogP contribution in [0.2, 0.25) is 0 Å². The van der Waals surface area contributed by atoms with Crippen molar-refractivity contribution in [3.05, 3.63) is 66.0 Å².